The summed E-state index contributed by atoms with van der Waals surface area (Å²) in [6.45, 7) is 9.83. The summed E-state index contributed by atoms with van der Waals surface area (Å²) in [5.74, 6) is 0.485. The van der Waals surface area contributed by atoms with E-state index in [-0.39, 0.29) is 11.1 Å². The molecule has 3 aliphatic rings. The highest BCUT2D eigenvalue weighted by Crippen LogP contribution is 2.33. The number of H-pyrrole nitrogens is 2. The Labute approximate surface area is 386 Å². The van der Waals surface area contributed by atoms with Crippen molar-refractivity contribution in [3.05, 3.63) is 123 Å². The van der Waals surface area contributed by atoms with Crippen molar-refractivity contribution in [1.29, 1.82) is 0 Å². The van der Waals surface area contributed by atoms with Gasteiger partial charge in [0, 0.05) is 87.9 Å². The van der Waals surface area contributed by atoms with Crippen molar-refractivity contribution in [2.45, 2.75) is 51.5 Å². The first-order chi connectivity index (χ1) is 32.0. The molecule has 3 aromatic carbocycles. The highest BCUT2D eigenvalue weighted by Gasteiger charge is 2.24. The molecule has 3 fully saturated rings. The normalized spacial score (nSPS) is 15.8. The van der Waals surface area contributed by atoms with E-state index in [1.54, 1.807) is 32.5 Å². The zero-order chi connectivity index (χ0) is 46.6. The second-order valence-corrected chi connectivity index (χ2v) is 17.1. The number of aryl methyl sites for hydroxylation is 1. The molecule has 66 heavy (non-hydrogen) atoms. The molecule has 5 aromatic rings. The van der Waals surface area contributed by atoms with Crippen LogP contribution in [0.15, 0.2) is 94.8 Å². The Morgan fingerprint density at radius 1 is 0.621 bits per heavy atom. The number of methoxy groups -OCH3 is 2. The SMILES string of the molecule is CCc1cc(NC(=O)c2c(Nc3ccccc3OC)cc[nH]c2=O)ccc1N1CCN(C)CC1.COc1ccc(NC(=O)c2c(NC3CCCCC3)cc[nH]c2=O)cc1N1CCN(C)CC1. The van der Waals surface area contributed by atoms with E-state index in [9.17, 15) is 19.2 Å². The molecule has 2 aromatic heterocycles. The number of hydrogen-bond donors (Lipinski definition) is 6. The molecule has 2 aliphatic heterocycles. The van der Waals surface area contributed by atoms with Gasteiger partial charge in [-0.05, 0) is 99.6 Å². The average Bonchev–Trinajstić information content (AvgIpc) is 3.33. The molecule has 4 heterocycles. The van der Waals surface area contributed by atoms with Crippen LogP contribution in [0.25, 0.3) is 0 Å². The molecule has 6 N–H and O–H groups in total. The Morgan fingerprint density at radius 2 is 1.17 bits per heavy atom. The predicted octanol–water partition coefficient (Wildman–Crippen LogP) is 6.83. The number of anilines is 7. The van der Waals surface area contributed by atoms with Crippen LogP contribution in [0.1, 0.15) is 65.3 Å². The van der Waals surface area contributed by atoms with Gasteiger partial charge in [0.2, 0.25) is 0 Å². The molecule has 8 rings (SSSR count). The van der Waals surface area contributed by atoms with Crippen molar-refractivity contribution < 1.29 is 19.1 Å². The number of piperazine rings is 2. The van der Waals surface area contributed by atoms with Crippen LogP contribution >= 0.6 is 0 Å². The molecular formula is C50H64N10O6. The Morgan fingerprint density at radius 3 is 1.77 bits per heavy atom. The molecule has 0 unspecified atom stereocenters. The largest absolute Gasteiger partial charge is 0.495 e. The van der Waals surface area contributed by atoms with Crippen LogP contribution in [-0.2, 0) is 6.42 Å². The summed E-state index contributed by atoms with van der Waals surface area (Å²) < 4.78 is 10.9. The fraction of sp³-hybridized carbons (Fsp3) is 0.400. The molecule has 350 valence electrons. The number of ether oxygens (including phenoxy) is 2. The van der Waals surface area contributed by atoms with Crippen molar-refractivity contribution in [3.8, 4) is 11.5 Å². The molecular weight excluding hydrogens is 837 g/mol. The fourth-order valence-corrected chi connectivity index (χ4v) is 8.74. The number of nitrogens with zero attached hydrogens (tertiary/aromatic N) is 4. The average molecular weight is 901 g/mol. The van der Waals surface area contributed by atoms with Crippen LogP contribution in [0.4, 0.5) is 39.8 Å². The first-order valence-electron chi connectivity index (χ1n) is 23.0. The second-order valence-electron chi connectivity index (χ2n) is 17.1. The lowest BCUT2D eigenvalue weighted by Gasteiger charge is -2.35. The lowest BCUT2D eigenvalue weighted by Crippen LogP contribution is -2.44. The van der Waals surface area contributed by atoms with Gasteiger partial charge in [-0.3, -0.25) is 19.2 Å². The van der Waals surface area contributed by atoms with Gasteiger partial charge in [-0.1, -0.05) is 38.3 Å². The predicted molar refractivity (Wildman–Crippen MR) is 265 cm³/mol. The first kappa shape index (κ1) is 47.2. The smallest absolute Gasteiger partial charge is 0.263 e. The van der Waals surface area contributed by atoms with E-state index in [4.69, 9.17) is 9.47 Å². The maximum absolute atomic E-state index is 13.2. The molecule has 1 aliphatic carbocycles. The lowest BCUT2D eigenvalue weighted by molar-refractivity contribution is 0.101. The van der Waals surface area contributed by atoms with Gasteiger partial charge in [0.25, 0.3) is 22.9 Å². The van der Waals surface area contributed by atoms with E-state index in [1.165, 1.54) is 31.1 Å². The molecule has 16 nitrogen and oxygen atoms in total. The monoisotopic (exact) mass is 901 g/mol. The summed E-state index contributed by atoms with van der Waals surface area (Å²) in [5.41, 5.74) is 5.52. The van der Waals surface area contributed by atoms with Crippen LogP contribution in [0.5, 0.6) is 11.5 Å². The van der Waals surface area contributed by atoms with Gasteiger partial charge in [-0.15, -0.1) is 0 Å². The number of para-hydroxylation sites is 2. The lowest BCUT2D eigenvalue weighted by atomic mass is 9.95. The van der Waals surface area contributed by atoms with Crippen LogP contribution in [0.3, 0.4) is 0 Å². The number of nitrogens with one attached hydrogen (secondary N) is 6. The summed E-state index contributed by atoms with van der Waals surface area (Å²) in [6.07, 6.45) is 9.64. The van der Waals surface area contributed by atoms with Gasteiger partial charge in [-0.2, -0.15) is 0 Å². The van der Waals surface area contributed by atoms with Crippen LogP contribution in [0.2, 0.25) is 0 Å². The number of hydrogen-bond acceptors (Lipinski definition) is 12. The maximum atomic E-state index is 13.2. The van der Waals surface area contributed by atoms with Crippen LogP contribution < -0.4 is 51.7 Å². The minimum atomic E-state index is -0.478. The number of rotatable bonds is 13. The van der Waals surface area contributed by atoms with Gasteiger partial charge in [0.15, 0.2) is 0 Å². The third-order valence-corrected chi connectivity index (χ3v) is 12.6. The third-order valence-electron chi connectivity index (χ3n) is 12.6. The van der Waals surface area contributed by atoms with Gasteiger partial charge >= 0.3 is 0 Å². The van der Waals surface area contributed by atoms with Crippen molar-refractivity contribution >= 4 is 51.6 Å². The van der Waals surface area contributed by atoms with E-state index in [1.807, 2.05) is 54.6 Å². The summed E-state index contributed by atoms with van der Waals surface area (Å²) in [7, 11) is 7.48. The fourth-order valence-electron chi connectivity index (χ4n) is 8.74. The molecule has 2 amide bonds. The Balaban J connectivity index is 0.000000197. The Hall–Kier alpha value is -6.78. The number of carbonyl (C=O) groups excluding carboxylic acids is 2. The molecule has 0 spiro atoms. The quantitative estimate of drug-likeness (QED) is 0.0728. The number of pyridine rings is 2. The standard InChI is InChI=1S/C26H31N5O3.C24H33N5O3/c1-4-18-17-19(9-10-22(18)31-15-13-30(2)14-16-31)28-26(33)24-21(11-12-27-25(24)32)29-20-7-5-6-8-23(20)34-3;1-28-12-14-29(15-13-28)20-16-18(8-9-21(20)32-2)27-24(31)22-19(10-11-25-23(22)30)26-17-6-4-3-5-7-17/h5-12,17H,4,13-16H2,1-3H3,(H,28,33)(H2,27,29,32);8-11,16-17H,3-7,12-15H2,1-2H3,(H,27,31)(H2,25,26,30). The van der Waals surface area contributed by atoms with E-state index in [0.29, 0.717) is 40.2 Å². The zero-order valence-electron chi connectivity index (χ0n) is 38.8. The highest BCUT2D eigenvalue weighted by molar-refractivity contribution is 6.09. The van der Waals surface area contributed by atoms with Crippen molar-refractivity contribution in [2.75, 3.05) is 112 Å². The molecule has 0 atom stereocenters. The highest BCUT2D eigenvalue weighted by atomic mass is 16.5. The van der Waals surface area contributed by atoms with Gasteiger partial charge < -0.3 is 60.3 Å². The molecule has 16 heteroatoms. The number of aromatic nitrogens is 2. The van der Waals surface area contributed by atoms with Crippen LogP contribution in [-0.4, -0.2) is 118 Å². The third kappa shape index (κ3) is 11.7. The molecule has 0 radical (unpaired) electrons. The van der Waals surface area contributed by atoms with Crippen LogP contribution in [0, 0.1) is 0 Å². The van der Waals surface area contributed by atoms with Gasteiger partial charge in [0.1, 0.15) is 22.6 Å². The Kier molecular flexibility index (Phi) is 16.0. The number of aromatic amines is 2. The van der Waals surface area contributed by atoms with Crippen molar-refractivity contribution in [2.24, 2.45) is 0 Å². The number of amides is 2. The first-order valence-corrected chi connectivity index (χ1v) is 23.0. The van der Waals surface area contributed by atoms with E-state index in [0.717, 1.165) is 88.6 Å². The molecule has 2 saturated heterocycles. The topological polar surface area (TPSA) is 179 Å². The van der Waals surface area contributed by atoms with Gasteiger partial charge in [-0.25, -0.2) is 0 Å². The number of carbonyl (C=O) groups is 2. The second kappa shape index (κ2) is 22.4. The van der Waals surface area contributed by atoms with E-state index < -0.39 is 22.9 Å². The maximum Gasteiger partial charge on any atom is 0.263 e. The number of likely N-dealkylation sites (N-methyl/N-ethyl adjacent to an activating group) is 2. The van der Waals surface area contributed by atoms with E-state index >= 15 is 0 Å². The van der Waals surface area contributed by atoms with Gasteiger partial charge in [0.05, 0.1) is 37.0 Å². The summed E-state index contributed by atoms with van der Waals surface area (Å²) in [5, 5.41) is 12.4. The number of benzene rings is 3. The zero-order valence-corrected chi connectivity index (χ0v) is 38.8. The summed E-state index contributed by atoms with van der Waals surface area (Å²) in [6, 6.07) is 22.6. The van der Waals surface area contributed by atoms with E-state index in [2.05, 4.69) is 77.9 Å². The summed E-state index contributed by atoms with van der Waals surface area (Å²) >= 11 is 0. The molecule has 1 saturated carbocycles. The Bertz CT molecular complexity index is 2560. The molecule has 0 bridgehead atoms. The summed E-state index contributed by atoms with van der Waals surface area (Å²) in [4.78, 5) is 66.1. The van der Waals surface area contributed by atoms with Crippen molar-refractivity contribution in [3.63, 3.8) is 0 Å². The minimum Gasteiger partial charge on any atom is -0.495 e. The minimum absolute atomic E-state index is 0.00889. The van der Waals surface area contributed by atoms with Crippen molar-refractivity contribution in [1.82, 2.24) is 19.8 Å².